The maximum atomic E-state index is 11.3. The Balaban J connectivity index is 2.40. The number of carbonyl (C=O) groups is 1. The lowest BCUT2D eigenvalue weighted by atomic mass is 10.1. The largest absolute Gasteiger partial charge is 0.502 e. The molecule has 1 heterocycles. The van der Waals surface area contributed by atoms with Crippen LogP contribution in [-0.4, -0.2) is 26.0 Å². The van der Waals surface area contributed by atoms with E-state index in [2.05, 4.69) is 20.7 Å². The summed E-state index contributed by atoms with van der Waals surface area (Å²) in [6.45, 7) is 1.34. The van der Waals surface area contributed by atoms with Gasteiger partial charge in [-0.3, -0.25) is 4.79 Å². The standard InChI is InChI=1S/C15H15BrClNO6S/c1-8(19)23-15-12(20)13(9-3-2-4-10(17)7-9)24-14(15)11(16)5-6-18-25(21)22/h2-4,7,11,20,25H,5-6H2,1H3,(H,18,21,22). The highest BCUT2D eigenvalue weighted by molar-refractivity contribution is 9.09. The van der Waals surface area contributed by atoms with Crippen LogP contribution in [-0.2, 0) is 15.7 Å². The smallest absolute Gasteiger partial charge is 0.308 e. The highest BCUT2D eigenvalue weighted by Crippen LogP contribution is 2.48. The lowest BCUT2D eigenvalue weighted by Gasteiger charge is -2.08. The number of benzene rings is 1. The van der Waals surface area contributed by atoms with Crippen LogP contribution in [0, 0.1) is 0 Å². The zero-order chi connectivity index (χ0) is 18.6. The van der Waals surface area contributed by atoms with Crippen LogP contribution < -0.4 is 9.46 Å². The summed E-state index contributed by atoms with van der Waals surface area (Å²) in [5, 5.41) is 10.9. The fourth-order valence-corrected chi connectivity index (χ4v) is 3.14. The van der Waals surface area contributed by atoms with E-state index in [1.807, 2.05) is 0 Å². The molecule has 2 aromatic rings. The Morgan fingerprint density at radius 1 is 1.48 bits per heavy atom. The number of ether oxygens (including phenoxy) is 1. The number of hydrogen-bond donors (Lipinski definition) is 3. The second-order valence-electron chi connectivity index (χ2n) is 5.00. The number of thiol groups is 1. The zero-order valence-electron chi connectivity index (χ0n) is 13.0. The molecule has 0 saturated carbocycles. The number of furan rings is 1. The Morgan fingerprint density at radius 2 is 2.20 bits per heavy atom. The van der Waals surface area contributed by atoms with E-state index < -0.39 is 21.7 Å². The fraction of sp³-hybridized carbons (Fsp3) is 0.267. The van der Waals surface area contributed by atoms with E-state index in [4.69, 9.17) is 20.8 Å². The number of nitrogens with one attached hydrogen (secondary N) is 1. The summed E-state index contributed by atoms with van der Waals surface area (Å²) in [4.78, 5) is 10.8. The third-order valence-electron chi connectivity index (χ3n) is 3.12. The number of aromatic hydroxyl groups is 1. The Labute approximate surface area is 159 Å². The van der Waals surface area contributed by atoms with Crippen LogP contribution in [0.5, 0.6) is 11.5 Å². The Hall–Kier alpha value is -1.55. The molecule has 0 radical (unpaired) electrons. The molecule has 25 heavy (non-hydrogen) atoms. The Kier molecular flexibility index (Phi) is 6.88. The predicted molar refractivity (Wildman–Crippen MR) is 96.7 cm³/mol. The van der Waals surface area contributed by atoms with Crippen molar-refractivity contribution in [2.75, 3.05) is 6.54 Å². The number of hydrogen-bond acceptors (Lipinski definition) is 6. The number of esters is 1. The minimum Gasteiger partial charge on any atom is -0.502 e. The van der Waals surface area contributed by atoms with Gasteiger partial charge < -0.3 is 14.3 Å². The van der Waals surface area contributed by atoms with Crippen molar-refractivity contribution < 1.29 is 27.5 Å². The van der Waals surface area contributed by atoms with E-state index in [1.165, 1.54) is 6.92 Å². The van der Waals surface area contributed by atoms with Crippen molar-refractivity contribution in [1.29, 1.82) is 0 Å². The molecule has 0 aliphatic carbocycles. The van der Waals surface area contributed by atoms with Crippen molar-refractivity contribution in [3.05, 3.63) is 35.0 Å². The molecule has 7 nitrogen and oxygen atoms in total. The second kappa shape index (κ2) is 8.70. The first-order chi connectivity index (χ1) is 11.8. The van der Waals surface area contributed by atoms with Gasteiger partial charge in [0.15, 0.2) is 11.5 Å². The number of rotatable bonds is 7. The molecule has 10 heteroatoms. The van der Waals surface area contributed by atoms with E-state index in [1.54, 1.807) is 24.3 Å². The van der Waals surface area contributed by atoms with Crippen molar-refractivity contribution in [1.82, 2.24) is 4.72 Å². The van der Waals surface area contributed by atoms with Crippen LogP contribution in [0.15, 0.2) is 28.7 Å². The molecule has 2 N–H and O–H groups in total. The molecule has 0 spiro atoms. The predicted octanol–water partition coefficient (Wildman–Crippen LogP) is 3.17. The van der Waals surface area contributed by atoms with Crippen molar-refractivity contribution >= 4 is 44.4 Å². The lowest BCUT2D eigenvalue weighted by Crippen LogP contribution is -2.14. The molecule has 0 amide bonds. The van der Waals surface area contributed by atoms with E-state index in [9.17, 15) is 18.3 Å². The Morgan fingerprint density at radius 3 is 2.80 bits per heavy atom. The van der Waals surface area contributed by atoms with Gasteiger partial charge in [-0.2, -0.15) is 0 Å². The molecule has 136 valence electrons. The first-order valence-electron chi connectivity index (χ1n) is 7.11. The quantitative estimate of drug-likeness (QED) is 0.338. The van der Waals surface area contributed by atoms with E-state index in [0.29, 0.717) is 17.0 Å². The van der Waals surface area contributed by atoms with Crippen molar-refractivity contribution in [3.8, 4) is 22.8 Å². The van der Waals surface area contributed by atoms with E-state index in [-0.39, 0.29) is 29.6 Å². The van der Waals surface area contributed by atoms with Crippen LogP contribution >= 0.6 is 27.5 Å². The molecule has 1 unspecified atom stereocenters. The summed E-state index contributed by atoms with van der Waals surface area (Å²) in [6, 6.07) is 6.63. The molecule has 1 atom stereocenters. The van der Waals surface area contributed by atoms with Gasteiger partial charge in [0.05, 0.1) is 4.83 Å². The van der Waals surface area contributed by atoms with Crippen molar-refractivity contribution in [2.24, 2.45) is 0 Å². The van der Waals surface area contributed by atoms with E-state index >= 15 is 0 Å². The fourth-order valence-electron chi connectivity index (χ4n) is 2.11. The van der Waals surface area contributed by atoms with E-state index in [0.717, 1.165) is 0 Å². The summed E-state index contributed by atoms with van der Waals surface area (Å²) in [5.74, 6) is -0.808. The zero-order valence-corrected chi connectivity index (χ0v) is 16.2. The summed E-state index contributed by atoms with van der Waals surface area (Å²) >= 11 is 9.31. The maximum Gasteiger partial charge on any atom is 0.308 e. The average molecular weight is 453 g/mol. The molecule has 2 rings (SSSR count). The van der Waals surface area contributed by atoms with Crippen LogP contribution in [0.3, 0.4) is 0 Å². The topological polar surface area (TPSA) is 106 Å². The summed E-state index contributed by atoms with van der Waals surface area (Å²) in [7, 11) is -2.71. The van der Waals surface area contributed by atoms with Gasteiger partial charge in [-0.05, 0) is 18.6 Å². The second-order valence-corrected chi connectivity index (χ2v) is 7.37. The molecule has 0 fully saturated rings. The van der Waals surface area contributed by atoms with Gasteiger partial charge in [-0.25, -0.2) is 13.1 Å². The molecule has 0 saturated heterocycles. The van der Waals surface area contributed by atoms with Crippen LogP contribution in [0.4, 0.5) is 0 Å². The van der Waals surface area contributed by atoms with Gasteiger partial charge in [0.25, 0.3) is 0 Å². The summed E-state index contributed by atoms with van der Waals surface area (Å²) in [6.07, 6.45) is 0.305. The van der Waals surface area contributed by atoms with Gasteiger partial charge in [-0.1, -0.05) is 39.7 Å². The summed E-state index contributed by atoms with van der Waals surface area (Å²) in [5.41, 5.74) is 0.505. The first kappa shape index (κ1) is 19.8. The highest BCUT2D eigenvalue weighted by atomic mass is 79.9. The maximum absolute atomic E-state index is 11.3. The highest BCUT2D eigenvalue weighted by Gasteiger charge is 2.28. The van der Waals surface area contributed by atoms with Gasteiger partial charge >= 0.3 is 5.97 Å². The molecular formula is C15H15BrClNO6S. The minimum atomic E-state index is -2.71. The minimum absolute atomic E-state index is 0.0982. The van der Waals surface area contributed by atoms with Crippen molar-refractivity contribution in [2.45, 2.75) is 18.2 Å². The van der Waals surface area contributed by atoms with Crippen LogP contribution in [0.1, 0.15) is 23.9 Å². The molecular weight excluding hydrogens is 438 g/mol. The van der Waals surface area contributed by atoms with Gasteiger partial charge in [0.2, 0.25) is 22.4 Å². The average Bonchev–Trinajstić information content (AvgIpc) is 2.83. The van der Waals surface area contributed by atoms with Crippen LogP contribution in [0.25, 0.3) is 11.3 Å². The van der Waals surface area contributed by atoms with Crippen molar-refractivity contribution in [3.63, 3.8) is 0 Å². The van der Waals surface area contributed by atoms with Gasteiger partial charge in [0.1, 0.15) is 0 Å². The third kappa shape index (κ3) is 5.21. The number of halogens is 2. The third-order valence-corrected chi connectivity index (χ3v) is 4.71. The summed E-state index contributed by atoms with van der Waals surface area (Å²) < 4.78 is 34.2. The molecule has 1 aromatic carbocycles. The first-order valence-corrected chi connectivity index (χ1v) is 9.58. The van der Waals surface area contributed by atoms with Gasteiger partial charge in [-0.15, -0.1) is 0 Å². The number of alkyl halides is 1. The van der Waals surface area contributed by atoms with Gasteiger partial charge in [0, 0.05) is 24.1 Å². The molecule has 0 bridgehead atoms. The Bertz CT molecular complexity index is 843. The molecule has 1 aromatic heterocycles. The molecule has 0 aliphatic rings. The normalized spacial score (nSPS) is 12.3. The SMILES string of the molecule is CC(=O)Oc1c(C(Br)CCN[SH](=O)=O)oc(-c2cccc(Cl)c2)c1O. The number of carbonyl (C=O) groups excluding carboxylic acids is 1. The monoisotopic (exact) mass is 451 g/mol. The molecule has 0 aliphatic heterocycles. The lowest BCUT2D eigenvalue weighted by molar-refractivity contribution is -0.132. The van der Waals surface area contributed by atoms with Crippen LogP contribution in [0.2, 0.25) is 5.02 Å².